The Morgan fingerprint density at radius 1 is 0.794 bits per heavy atom. The quantitative estimate of drug-likeness (QED) is 0.218. The molecule has 2 aromatic heterocycles. The van der Waals surface area contributed by atoms with E-state index in [1.165, 1.54) is 66.5 Å². The van der Waals surface area contributed by atoms with Crippen LogP contribution < -0.4 is 0 Å². The van der Waals surface area contributed by atoms with Crippen molar-refractivity contribution >= 4 is 0 Å². The second-order valence-corrected chi connectivity index (χ2v) is 9.63. The van der Waals surface area contributed by atoms with Crippen LogP contribution in [0.5, 0.6) is 0 Å². The van der Waals surface area contributed by atoms with Gasteiger partial charge in [-0.2, -0.15) is 0 Å². The molecule has 0 bridgehead atoms. The summed E-state index contributed by atoms with van der Waals surface area (Å²) in [6.07, 6.45) is 12.0. The van der Waals surface area contributed by atoms with Crippen LogP contribution in [-0.2, 0) is 32.9 Å². The van der Waals surface area contributed by atoms with Gasteiger partial charge in [-0.3, -0.25) is 0 Å². The maximum absolute atomic E-state index is 4.64. The van der Waals surface area contributed by atoms with Crippen LogP contribution in [0.2, 0.25) is 0 Å². The molecule has 0 N–H and O–H groups in total. The molecule has 2 nitrogen and oxygen atoms in total. The first kappa shape index (κ1) is 24.5. The third-order valence-electron chi connectivity index (χ3n) is 7.05. The van der Waals surface area contributed by atoms with Gasteiger partial charge in [-0.15, -0.1) is 71.3 Å². The zero-order valence-electron chi connectivity index (χ0n) is 19.9. The Bertz CT molecular complexity index is 1170. The Morgan fingerprint density at radius 3 is 2.29 bits per heavy atom. The number of hydrogen-bond acceptors (Lipinski definition) is 2. The van der Waals surface area contributed by atoms with Crippen molar-refractivity contribution in [2.75, 3.05) is 0 Å². The van der Waals surface area contributed by atoms with Gasteiger partial charge in [0.1, 0.15) is 0 Å². The molecule has 4 aromatic rings. The number of fused-ring (bicyclic) bond motifs is 1. The first-order valence-corrected chi connectivity index (χ1v) is 12.0. The summed E-state index contributed by atoms with van der Waals surface area (Å²) in [6.45, 7) is 4.10. The molecule has 0 saturated heterocycles. The van der Waals surface area contributed by atoms with E-state index in [1.54, 1.807) is 0 Å². The monoisotopic (exact) mass is 623 g/mol. The third kappa shape index (κ3) is 5.37. The van der Waals surface area contributed by atoms with Crippen LogP contribution in [-0.4, -0.2) is 9.97 Å². The van der Waals surface area contributed by atoms with Gasteiger partial charge in [-0.25, -0.2) is 0 Å². The average Bonchev–Trinajstić information content (AvgIpc) is 3.46. The van der Waals surface area contributed by atoms with Crippen LogP contribution in [0.4, 0.5) is 0 Å². The molecule has 1 saturated carbocycles. The Hall–Kier alpha value is -2.61. The van der Waals surface area contributed by atoms with E-state index in [1.807, 2.05) is 49.6 Å². The molecule has 2 aromatic carbocycles. The third-order valence-corrected chi connectivity index (χ3v) is 7.05. The Labute approximate surface area is 217 Å². The molecule has 6 rings (SSSR count). The zero-order chi connectivity index (χ0) is 22.7. The van der Waals surface area contributed by atoms with Crippen LogP contribution in [0, 0.1) is 31.4 Å². The number of nitrogens with zero attached hydrogens (tertiary/aromatic N) is 2. The van der Waals surface area contributed by atoms with Crippen LogP contribution in [0.1, 0.15) is 47.9 Å². The minimum atomic E-state index is 0. The molecular weight excluding hydrogens is 593 g/mol. The minimum absolute atomic E-state index is 0. The van der Waals surface area contributed by atoms with Crippen molar-refractivity contribution in [3.63, 3.8) is 0 Å². The fourth-order valence-electron chi connectivity index (χ4n) is 5.28. The topological polar surface area (TPSA) is 25.8 Å². The molecule has 0 amide bonds. The maximum atomic E-state index is 4.64. The van der Waals surface area contributed by atoms with E-state index in [-0.39, 0.29) is 20.1 Å². The van der Waals surface area contributed by atoms with E-state index in [0.717, 1.165) is 16.8 Å². The van der Waals surface area contributed by atoms with Gasteiger partial charge >= 0.3 is 0 Å². The van der Waals surface area contributed by atoms with Gasteiger partial charge in [0.2, 0.25) is 0 Å². The van der Waals surface area contributed by atoms with Crippen LogP contribution in [0.15, 0.2) is 73.1 Å². The molecule has 1 radical (unpaired) electrons. The number of benzene rings is 2. The van der Waals surface area contributed by atoms with E-state index in [0.29, 0.717) is 5.41 Å². The number of aromatic nitrogens is 2. The van der Waals surface area contributed by atoms with E-state index >= 15 is 0 Å². The molecule has 3 heteroatoms. The van der Waals surface area contributed by atoms with Crippen molar-refractivity contribution in [2.24, 2.45) is 5.41 Å². The number of rotatable bonds is 2. The summed E-state index contributed by atoms with van der Waals surface area (Å²) < 4.78 is 0. The SMILES string of the molecule is Cc1c[c-]c(-c2ccc(C)cn2)cc1.[Ir].[c-]1ccccc1-c1nccc2c1CC1(CCCC1)C2. The molecule has 2 heterocycles. The van der Waals surface area contributed by atoms with Gasteiger partial charge in [0.05, 0.1) is 0 Å². The van der Waals surface area contributed by atoms with Crippen LogP contribution in [0.3, 0.4) is 0 Å². The fourth-order valence-corrected chi connectivity index (χ4v) is 5.28. The minimum Gasteiger partial charge on any atom is -0.304 e. The van der Waals surface area contributed by atoms with Gasteiger partial charge in [0.15, 0.2) is 0 Å². The molecule has 2 aliphatic carbocycles. The summed E-state index contributed by atoms with van der Waals surface area (Å²) >= 11 is 0. The predicted octanol–water partition coefficient (Wildman–Crippen LogP) is 7.37. The second kappa shape index (κ2) is 10.8. The molecule has 0 unspecified atom stereocenters. The van der Waals surface area contributed by atoms with Gasteiger partial charge in [0.25, 0.3) is 0 Å². The van der Waals surface area contributed by atoms with Crippen molar-refractivity contribution in [1.82, 2.24) is 9.97 Å². The number of pyridine rings is 2. The summed E-state index contributed by atoms with van der Waals surface area (Å²) in [5.74, 6) is 0. The molecule has 175 valence electrons. The smallest absolute Gasteiger partial charge is 0.0190 e. The van der Waals surface area contributed by atoms with Crippen LogP contribution >= 0.6 is 0 Å². The standard InChI is InChI=1S/C18H18N.C13H12N.Ir/c1-2-6-14(7-3-1)17-16-13-18(9-4-5-10-18)12-15(16)8-11-19-17;1-10-3-6-12(7-4-10)13-8-5-11(2)9-14-13;/h1-3,6,8,11H,4-5,9-10,12-13H2;3-6,8-9H,1-2H3;/q2*-1;. The van der Waals surface area contributed by atoms with Gasteiger partial charge in [-0.05, 0) is 66.6 Å². The van der Waals surface area contributed by atoms with Gasteiger partial charge < -0.3 is 9.97 Å². The van der Waals surface area contributed by atoms with E-state index in [9.17, 15) is 0 Å². The van der Waals surface area contributed by atoms with Gasteiger partial charge in [-0.1, -0.05) is 37.5 Å². The molecule has 0 atom stereocenters. The van der Waals surface area contributed by atoms with Crippen molar-refractivity contribution in [3.8, 4) is 22.5 Å². The average molecular weight is 623 g/mol. The predicted molar refractivity (Wildman–Crippen MR) is 135 cm³/mol. The Morgan fingerprint density at radius 2 is 1.62 bits per heavy atom. The molecular formula is C31H30IrN2-2. The summed E-state index contributed by atoms with van der Waals surface area (Å²) in [5.41, 5.74) is 10.3. The van der Waals surface area contributed by atoms with Crippen molar-refractivity contribution in [2.45, 2.75) is 52.4 Å². The largest absolute Gasteiger partial charge is 0.304 e. The number of aryl methyl sites for hydroxylation is 2. The maximum Gasteiger partial charge on any atom is 0.0190 e. The summed E-state index contributed by atoms with van der Waals surface area (Å²) in [7, 11) is 0. The van der Waals surface area contributed by atoms with Crippen molar-refractivity contribution < 1.29 is 20.1 Å². The molecule has 1 fully saturated rings. The van der Waals surface area contributed by atoms with E-state index in [4.69, 9.17) is 0 Å². The summed E-state index contributed by atoms with van der Waals surface area (Å²) in [4.78, 5) is 8.99. The molecule has 0 aliphatic heterocycles. The van der Waals surface area contributed by atoms with E-state index < -0.39 is 0 Å². The molecule has 1 spiro atoms. The number of hydrogen-bond donors (Lipinski definition) is 0. The second-order valence-electron chi connectivity index (χ2n) is 9.63. The fraction of sp³-hybridized carbons (Fsp3) is 0.290. The Kier molecular flexibility index (Phi) is 7.76. The van der Waals surface area contributed by atoms with Crippen molar-refractivity contribution in [3.05, 3.63) is 107 Å². The Balaban J connectivity index is 0.000000164. The van der Waals surface area contributed by atoms with E-state index in [2.05, 4.69) is 59.4 Å². The van der Waals surface area contributed by atoms with Crippen LogP contribution in [0.25, 0.3) is 22.5 Å². The summed E-state index contributed by atoms with van der Waals surface area (Å²) in [6, 6.07) is 27.2. The zero-order valence-corrected chi connectivity index (χ0v) is 22.3. The first-order chi connectivity index (χ1) is 16.1. The normalized spacial score (nSPS) is 15.2. The summed E-state index contributed by atoms with van der Waals surface area (Å²) in [5, 5.41) is 0. The molecule has 2 aliphatic rings. The molecule has 34 heavy (non-hydrogen) atoms. The van der Waals surface area contributed by atoms with Crippen molar-refractivity contribution in [1.29, 1.82) is 0 Å². The van der Waals surface area contributed by atoms with Gasteiger partial charge in [0, 0.05) is 32.5 Å². The first-order valence-electron chi connectivity index (χ1n) is 12.0.